The molecule has 2 heterocycles. The van der Waals surface area contributed by atoms with Crippen LogP contribution in [0.15, 0.2) is 29.8 Å². The molecule has 1 aliphatic heterocycles. The topological polar surface area (TPSA) is 79.3 Å². The fraction of sp³-hybridized carbons (Fsp3) is 0.462. The number of aliphatic hydroxyl groups is 1. The van der Waals surface area contributed by atoms with Crippen molar-refractivity contribution in [1.29, 1.82) is 0 Å². The summed E-state index contributed by atoms with van der Waals surface area (Å²) < 4.78 is 22.5. The minimum Gasteiger partial charge on any atom is -0.384 e. The van der Waals surface area contributed by atoms with Gasteiger partial charge in [-0.05, 0) is 31.5 Å². The Morgan fingerprint density at radius 3 is 2.84 bits per heavy atom. The predicted octanol–water partition coefficient (Wildman–Crippen LogP) is 0.709. The van der Waals surface area contributed by atoms with Gasteiger partial charge in [-0.1, -0.05) is 6.08 Å². The molecule has 104 valence electrons. The zero-order valence-corrected chi connectivity index (χ0v) is 11.8. The van der Waals surface area contributed by atoms with Crippen LogP contribution in [0, 0.1) is 0 Å². The van der Waals surface area contributed by atoms with Gasteiger partial charge < -0.3 is 10.4 Å². The van der Waals surface area contributed by atoms with Gasteiger partial charge in [0.1, 0.15) is 5.60 Å². The van der Waals surface area contributed by atoms with Crippen molar-refractivity contribution >= 4 is 9.84 Å². The summed E-state index contributed by atoms with van der Waals surface area (Å²) in [6, 6.07) is 3.51. The molecule has 0 radical (unpaired) electrons. The second-order valence-electron chi connectivity index (χ2n) is 5.25. The molecule has 1 aromatic rings. The van der Waals surface area contributed by atoms with Gasteiger partial charge >= 0.3 is 0 Å². The van der Waals surface area contributed by atoms with Gasteiger partial charge in [0.2, 0.25) is 0 Å². The smallest absolute Gasteiger partial charge is 0.173 e. The summed E-state index contributed by atoms with van der Waals surface area (Å²) in [5.41, 5.74) is 0.582. The number of aromatic nitrogens is 1. The molecule has 2 rings (SSSR count). The Balaban J connectivity index is 1.99. The van der Waals surface area contributed by atoms with Crippen LogP contribution < -0.4 is 5.32 Å². The van der Waals surface area contributed by atoms with E-state index in [4.69, 9.17) is 0 Å². The minimum absolute atomic E-state index is 0.108. The lowest BCUT2D eigenvalue weighted by atomic mass is 10.0. The molecule has 0 aliphatic carbocycles. The third kappa shape index (κ3) is 3.86. The van der Waals surface area contributed by atoms with Gasteiger partial charge in [0.05, 0.1) is 11.4 Å². The van der Waals surface area contributed by atoms with Crippen LogP contribution in [0.1, 0.15) is 25.1 Å². The number of rotatable bonds is 4. The fourth-order valence-electron chi connectivity index (χ4n) is 1.87. The maximum absolute atomic E-state index is 11.3. The van der Waals surface area contributed by atoms with Crippen molar-refractivity contribution in [1.82, 2.24) is 10.3 Å². The summed E-state index contributed by atoms with van der Waals surface area (Å²) >= 11 is 0. The van der Waals surface area contributed by atoms with E-state index in [9.17, 15) is 13.5 Å². The second-order valence-corrected chi connectivity index (χ2v) is 7.19. The predicted molar refractivity (Wildman–Crippen MR) is 73.0 cm³/mol. The number of nitrogens with zero attached hydrogens (tertiary/aromatic N) is 1. The molecule has 1 atom stereocenters. The van der Waals surface area contributed by atoms with Gasteiger partial charge in [-0.25, -0.2) is 8.42 Å². The van der Waals surface area contributed by atoms with Crippen molar-refractivity contribution < 1.29 is 13.5 Å². The lowest BCUT2D eigenvalue weighted by Gasteiger charge is -2.17. The number of hydrogen-bond acceptors (Lipinski definition) is 5. The molecule has 0 amide bonds. The first-order chi connectivity index (χ1) is 8.76. The monoisotopic (exact) mass is 282 g/mol. The van der Waals surface area contributed by atoms with Crippen LogP contribution in [0.3, 0.4) is 0 Å². The van der Waals surface area contributed by atoms with Gasteiger partial charge in [-0.15, -0.1) is 0 Å². The SMILES string of the molecule is CC(C)(O)c1cc(CN[C@@H]2C=CS(=O)(=O)C2)ccn1. The maximum Gasteiger partial charge on any atom is 0.173 e. The van der Waals surface area contributed by atoms with Crippen LogP contribution in [0.5, 0.6) is 0 Å². The third-order valence-electron chi connectivity index (χ3n) is 2.95. The van der Waals surface area contributed by atoms with E-state index < -0.39 is 15.4 Å². The quantitative estimate of drug-likeness (QED) is 0.850. The first-order valence-electron chi connectivity index (χ1n) is 6.08. The number of sulfone groups is 1. The molecule has 0 fully saturated rings. The summed E-state index contributed by atoms with van der Waals surface area (Å²) in [5.74, 6) is 0.108. The Morgan fingerprint density at radius 1 is 1.53 bits per heavy atom. The molecular weight excluding hydrogens is 264 g/mol. The Kier molecular flexibility index (Phi) is 3.75. The number of hydrogen-bond donors (Lipinski definition) is 2. The van der Waals surface area contributed by atoms with Gasteiger partial charge in [-0.2, -0.15) is 0 Å². The average Bonchev–Trinajstić information content (AvgIpc) is 2.66. The van der Waals surface area contributed by atoms with Crippen LogP contribution >= 0.6 is 0 Å². The highest BCUT2D eigenvalue weighted by Crippen LogP contribution is 2.18. The van der Waals surface area contributed by atoms with Gasteiger partial charge in [-0.3, -0.25) is 4.98 Å². The molecule has 0 saturated carbocycles. The first kappa shape index (κ1) is 14.2. The molecule has 1 aromatic heterocycles. The average molecular weight is 282 g/mol. The van der Waals surface area contributed by atoms with Crippen molar-refractivity contribution in [2.45, 2.75) is 32.0 Å². The molecule has 0 bridgehead atoms. The normalized spacial score (nSPS) is 21.7. The van der Waals surface area contributed by atoms with Gasteiger partial charge in [0.25, 0.3) is 0 Å². The van der Waals surface area contributed by atoms with E-state index in [1.807, 2.05) is 12.1 Å². The van der Waals surface area contributed by atoms with Crippen LogP contribution in [-0.2, 0) is 22.0 Å². The van der Waals surface area contributed by atoms with Gasteiger partial charge in [0.15, 0.2) is 9.84 Å². The summed E-state index contributed by atoms with van der Waals surface area (Å²) in [6.07, 6.45) is 3.30. The third-order valence-corrected chi connectivity index (χ3v) is 4.35. The Morgan fingerprint density at radius 2 is 2.26 bits per heavy atom. The summed E-state index contributed by atoms with van der Waals surface area (Å²) in [4.78, 5) is 4.13. The molecular formula is C13H18N2O3S. The Hall–Kier alpha value is -1.24. The number of nitrogens with one attached hydrogen (secondary N) is 1. The van der Waals surface area contributed by atoms with E-state index in [0.29, 0.717) is 12.2 Å². The minimum atomic E-state index is -3.03. The molecule has 2 N–H and O–H groups in total. The molecule has 5 nitrogen and oxygen atoms in total. The van der Waals surface area contributed by atoms with E-state index in [0.717, 1.165) is 5.56 Å². The molecule has 6 heteroatoms. The van der Waals surface area contributed by atoms with Crippen molar-refractivity contribution in [3.63, 3.8) is 0 Å². The molecule has 19 heavy (non-hydrogen) atoms. The van der Waals surface area contributed by atoms with E-state index in [2.05, 4.69) is 10.3 Å². The molecule has 0 aromatic carbocycles. The highest BCUT2D eigenvalue weighted by atomic mass is 32.2. The van der Waals surface area contributed by atoms with E-state index in [-0.39, 0.29) is 11.8 Å². The molecule has 0 unspecified atom stereocenters. The summed E-state index contributed by atoms with van der Waals surface area (Å²) in [5, 5.41) is 14.3. The Bertz CT molecular complexity index is 588. The van der Waals surface area contributed by atoms with Gasteiger partial charge in [0, 0.05) is 24.2 Å². The number of pyridine rings is 1. The lowest BCUT2D eigenvalue weighted by Crippen LogP contribution is -2.29. The van der Waals surface area contributed by atoms with Crippen LogP contribution in [0.25, 0.3) is 0 Å². The standard InChI is InChI=1S/C13H18N2O3S/c1-13(2,16)12-7-10(3-5-14-12)8-15-11-4-6-19(17,18)9-11/h3-7,11,15-16H,8-9H2,1-2H3/t11-/m1/s1. The molecule has 1 aliphatic rings. The largest absolute Gasteiger partial charge is 0.384 e. The molecule has 0 spiro atoms. The van der Waals surface area contributed by atoms with Crippen LogP contribution in [0.4, 0.5) is 0 Å². The van der Waals surface area contributed by atoms with Crippen molar-refractivity contribution in [2.75, 3.05) is 5.75 Å². The Labute approximate surface area is 113 Å². The van der Waals surface area contributed by atoms with E-state index >= 15 is 0 Å². The second kappa shape index (κ2) is 5.03. The fourth-order valence-corrected chi connectivity index (χ4v) is 3.14. The van der Waals surface area contributed by atoms with Crippen molar-refractivity contribution in [3.8, 4) is 0 Å². The highest BCUT2D eigenvalue weighted by Gasteiger charge is 2.21. The van der Waals surface area contributed by atoms with Crippen LogP contribution in [0.2, 0.25) is 0 Å². The van der Waals surface area contributed by atoms with E-state index in [1.54, 1.807) is 26.1 Å². The summed E-state index contributed by atoms with van der Waals surface area (Å²) in [7, 11) is -3.03. The van der Waals surface area contributed by atoms with Crippen molar-refractivity contribution in [3.05, 3.63) is 41.1 Å². The van der Waals surface area contributed by atoms with Crippen LogP contribution in [-0.4, -0.2) is 30.3 Å². The summed E-state index contributed by atoms with van der Waals surface area (Å²) in [6.45, 7) is 3.90. The lowest BCUT2D eigenvalue weighted by molar-refractivity contribution is 0.0737. The van der Waals surface area contributed by atoms with E-state index in [1.165, 1.54) is 5.41 Å². The molecule has 0 saturated heterocycles. The zero-order valence-electron chi connectivity index (χ0n) is 11.0. The zero-order chi connectivity index (χ0) is 14.1. The van der Waals surface area contributed by atoms with Crippen molar-refractivity contribution in [2.24, 2.45) is 0 Å². The maximum atomic E-state index is 11.3. The first-order valence-corrected chi connectivity index (χ1v) is 7.80. The highest BCUT2D eigenvalue weighted by molar-refractivity contribution is 7.94.